The maximum Gasteiger partial charge on any atom is 0.315 e. The zero-order valence-corrected chi connectivity index (χ0v) is 13.0. The standard InChI is InChI=1S/C13H26N4O2.ClH/c1-14-8-5-9-15-12(18)10-16-13(19)17-11-6-3-2-4-7-11;/h11,14H,2-10H2,1H3,(H,15,18)(H2,16,17,19);1H. The molecule has 0 atom stereocenters. The van der Waals surface area contributed by atoms with Crippen LogP contribution >= 0.6 is 12.4 Å². The largest absolute Gasteiger partial charge is 0.355 e. The lowest BCUT2D eigenvalue weighted by Gasteiger charge is -2.22. The Hall–Kier alpha value is -1.01. The molecule has 1 saturated carbocycles. The highest BCUT2D eigenvalue weighted by Gasteiger charge is 2.15. The van der Waals surface area contributed by atoms with Crippen LogP contribution in [0.1, 0.15) is 38.5 Å². The first-order chi connectivity index (χ1) is 9.22. The van der Waals surface area contributed by atoms with Crippen molar-refractivity contribution < 1.29 is 9.59 Å². The molecule has 0 bridgehead atoms. The van der Waals surface area contributed by atoms with Gasteiger partial charge in [0.25, 0.3) is 0 Å². The molecule has 0 radical (unpaired) electrons. The molecule has 1 aliphatic rings. The molecule has 0 aliphatic heterocycles. The predicted molar refractivity (Wildman–Crippen MR) is 82.2 cm³/mol. The van der Waals surface area contributed by atoms with Gasteiger partial charge in [-0.15, -0.1) is 12.4 Å². The van der Waals surface area contributed by atoms with Gasteiger partial charge in [-0.2, -0.15) is 0 Å². The van der Waals surface area contributed by atoms with Crippen molar-refractivity contribution in [2.45, 2.75) is 44.6 Å². The SMILES string of the molecule is CNCCCNC(=O)CNC(=O)NC1CCCCC1.Cl. The number of rotatable bonds is 7. The summed E-state index contributed by atoms with van der Waals surface area (Å²) in [4.78, 5) is 23.0. The molecule has 0 saturated heterocycles. The molecule has 4 N–H and O–H groups in total. The van der Waals surface area contributed by atoms with Crippen molar-refractivity contribution in [3.8, 4) is 0 Å². The first-order valence-corrected chi connectivity index (χ1v) is 7.18. The molecule has 3 amide bonds. The van der Waals surface area contributed by atoms with Crippen molar-refractivity contribution in [1.29, 1.82) is 0 Å². The summed E-state index contributed by atoms with van der Waals surface area (Å²) < 4.78 is 0. The predicted octanol–water partition coefficient (Wildman–Crippen LogP) is 0.766. The Labute approximate surface area is 127 Å². The van der Waals surface area contributed by atoms with E-state index in [1.165, 1.54) is 19.3 Å². The molecular weight excluding hydrogens is 280 g/mol. The van der Waals surface area contributed by atoms with E-state index < -0.39 is 0 Å². The van der Waals surface area contributed by atoms with E-state index in [9.17, 15) is 9.59 Å². The Morgan fingerprint density at radius 1 is 1.05 bits per heavy atom. The third-order valence-electron chi connectivity index (χ3n) is 3.28. The normalized spacial score (nSPS) is 15.1. The van der Waals surface area contributed by atoms with Gasteiger partial charge in [-0.3, -0.25) is 4.79 Å². The lowest BCUT2D eigenvalue weighted by Crippen LogP contribution is -2.46. The molecule has 1 rings (SSSR count). The van der Waals surface area contributed by atoms with Crippen LogP contribution in [0.15, 0.2) is 0 Å². The molecule has 118 valence electrons. The van der Waals surface area contributed by atoms with Gasteiger partial charge in [0.05, 0.1) is 6.54 Å². The Kier molecular flexibility index (Phi) is 11.2. The molecule has 0 aromatic heterocycles. The lowest BCUT2D eigenvalue weighted by atomic mass is 9.96. The van der Waals surface area contributed by atoms with Crippen LogP contribution in [0.4, 0.5) is 4.79 Å². The fourth-order valence-electron chi connectivity index (χ4n) is 2.20. The molecule has 0 unspecified atom stereocenters. The van der Waals surface area contributed by atoms with Gasteiger partial charge in [0.15, 0.2) is 0 Å². The van der Waals surface area contributed by atoms with Crippen LogP contribution in [-0.2, 0) is 4.79 Å². The Balaban J connectivity index is 0.00000361. The van der Waals surface area contributed by atoms with Crippen LogP contribution in [0.3, 0.4) is 0 Å². The first-order valence-electron chi connectivity index (χ1n) is 7.18. The van der Waals surface area contributed by atoms with Crippen LogP contribution in [0, 0.1) is 0 Å². The van der Waals surface area contributed by atoms with Crippen molar-refractivity contribution >= 4 is 24.3 Å². The molecule has 6 nitrogen and oxygen atoms in total. The molecule has 7 heteroatoms. The molecule has 0 spiro atoms. The zero-order chi connectivity index (χ0) is 13.9. The minimum atomic E-state index is -0.239. The second-order valence-corrected chi connectivity index (χ2v) is 4.97. The number of hydrogen-bond donors (Lipinski definition) is 4. The van der Waals surface area contributed by atoms with Crippen LogP contribution in [-0.4, -0.2) is 44.7 Å². The third kappa shape index (κ3) is 8.98. The first kappa shape index (κ1) is 19.0. The number of hydrogen-bond acceptors (Lipinski definition) is 3. The highest BCUT2D eigenvalue weighted by atomic mass is 35.5. The molecular formula is C13H27ClN4O2. The lowest BCUT2D eigenvalue weighted by molar-refractivity contribution is -0.120. The van der Waals surface area contributed by atoms with Gasteiger partial charge < -0.3 is 21.3 Å². The van der Waals surface area contributed by atoms with Crippen molar-refractivity contribution in [3.05, 3.63) is 0 Å². The van der Waals surface area contributed by atoms with E-state index in [1.54, 1.807) is 0 Å². The average molecular weight is 307 g/mol. The van der Waals surface area contributed by atoms with Crippen molar-refractivity contribution in [3.63, 3.8) is 0 Å². The highest BCUT2D eigenvalue weighted by Crippen LogP contribution is 2.16. The summed E-state index contributed by atoms with van der Waals surface area (Å²) in [6.45, 7) is 1.54. The van der Waals surface area contributed by atoms with Gasteiger partial charge in [0.2, 0.25) is 5.91 Å². The summed E-state index contributed by atoms with van der Waals surface area (Å²) in [5.41, 5.74) is 0. The van der Waals surface area contributed by atoms with Crippen molar-refractivity contribution in [2.75, 3.05) is 26.7 Å². The van der Waals surface area contributed by atoms with Gasteiger partial charge >= 0.3 is 6.03 Å². The van der Waals surface area contributed by atoms with Crippen molar-refractivity contribution in [1.82, 2.24) is 21.3 Å². The highest BCUT2D eigenvalue weighted by molar-refractivity contribution is 5.85. The topological polar surface area (TPSA) is 82.3 Å². The van der Waals surface area contributed by atoms with Gasteiger partial charge in [-0.05, 0) is 32.9 Å². The Bertz CT molecular complexity index is 284. The van der Waals surface area contributed by atoms with Gasteiger partial charge in [0.1, 0.15) is 0 Å². The van der Waals surface area contributed by atoms with E-state index in [0.717, 1.165) is 25.8 Å². The molecule has 1 aliphatic carbocycles. The van der Waals surface area contributed by atoms with E-state index in [-0.39, 0.29) is 36.9 Å². The number of carbonyl (C=O) groups excluding carboxylic acids is 2. The average Bonchev–Trinajstić information content (AvgIpc) is 2.42. The van der Waals surface area contributed by atoms with Crippen LogP contribution in [0.5, 0.6) is 0 Å². The van der Waals surface area contributed by atoms with E-state index in [2.05, 4.69) is 21.3 Å². The Morgan fingerprint density at radius 3 is 2.40 bits per heavy atom. The monoisotopic (exact) mass is 306 g/mol. The molecule has 1 fully saturated rings. The number of urea groups is 1. The van der Waals surface area contributed by atoms with E-state index in [1.807, 2.05) is 7.05 Å². The summed E-state index contributed by atoms with van der Waals surface area (Å²) in [5.74, 6) is -0.144. The van der Waals surface area contributed by atoms with Gasteiger partial charge in [-0.1, -0.05) is 19.3 Å². The second kappa shape index (κ2) is 11.8. The smallest absolute Gasteiger partial charge is 0.315 e. The molecule has 20 heavy (non-hydrogen) atoms. The number of nitrogens with one attached hydrogen (secondary N) is 4. The van der Waals surface area contributed by atoms with E-state index in [4.69, 9.17) is 0 Å². The Morgan fingerprint density at radius 2 is 1.75 bits per heavy atom. The quantitative estimate of drug-likeness (QED) is 0.524. The van der Waals surface area contributed by atoms with Crippen molar-refractivity contribution in [2.24, 2.45) is 0 Å². The number of carbonyl (C=O) groups is 2. The second-order valence-electron chi connectivity index (χ2n) is 4.97. The summed E-state index contributed by atoms with van der Waals surface area (Å²) in [6, 6.07) is 0.0321. The molecule has 0 aromatic rings. The summed E-state index contributed by atoms with van der Waals surface area (Å²) in [6.07, 6.45) is 6.59. The third-order valence-corrected chi connectivity index (χ3v) is 3.28. The van der Waals surface area contributed by atoms with Gasteiger partial charge in [0, 0.05) is 12.6 Å². The number of halogens is 1. The number of amides is 3. The van der Waals surface area contributed by atoms with Crippen LogP contribution in [0.2, 0.25) is 0 Å². The minimum absolute atomic E-state index is 0. The molecule has 0 aromatic carbocycles. The minimum Gasteiger partial charge on any atom is -0.355 e. The summed E-state index contributed by atoms with van der Waals surface area (Å²) in [5, 5.41) is 11.3. The van der Waals surface area contributed by atoms with Gasteiger partial charge in [-0.25, -0.2) is 4.79 Å². The maximum atomic E-state index is 11.6. The summed E-state index contributed by atoms with van der Waals surface area (Å²) >= 11 is 0. The fourth-order valence-corrected chi connectivity index (χ4v) is 2.20. The van der Waals surface area contributed by atoms with Crippen LogP contribution < -0.4 is 21.3 Å². The van der Waals surface area contributed by atoms with E-state index in [0.29, 0.717) is 6.54 Å². The maximum absolute atomic E-state index is 11.6. The summed E-state index contributed by atoms with van der Waals surface area (Å²) in [7, 11) is 1.87. The zero-order valence-electron chi connectivity index (χ0n) is 12.2. The van der Waals surface area contributed by atoms with E-state index >= 15 is 0 Å². The van der Waals surface area contributed by atoms with Crippen LogP contribution in [0.25, 0.3) is 0 Å². The molecule has 0 heterocycles. The fraction of sp³-hybridized carbons (Fsp3) is 0.846.